The van der Waals surface area contributed by atoms with Gasteiger partial charge >= 0.3 is 0 Å². The summed E-state index contributed by atoms with van der Waals surface area (Å²) < 4.78 is 8.15. The molecule has 11 aromatic rings. The van der Waals surface area contributed by atoms with Crippen LogP contribution in [0, 0.1) is 0 Å². The highest BCUT2D eigenvalue weighted by molar-refractivity contribution is 7.22. The van der Waals surface area contributed by atoms with Gasteiger partial charge in [0.25, 0.3) is 0 Å². The number of thiophene rings is 1. The lowest BCUT2D eigenvalue weighted by Gasteiger charge is -2.34. The van der Waals surface area contributed by atoms with Crippen LogP contribution in [0.3, 0.4) is 0 Å². The molecule has 2 aromatic heterocycles. The van der Waals surface area contributed by atoms with Crippen LogP contribution in [0.25, 0.3) is 64.7 Å². The lowest BCUT2D eigenvalue weighted by molar-refractivity contribution is 0.669. The summed E-state index contributed by atoms with van der Waals surface area (Å²) in [4.78, 5) is 3.63. The van der Waals surface area contributed by atoms with Crippen molar-refractivity contribution >= 4 is 60.4 Å². The summed E-state index contributed by atoms with van der Waals surface area (Å²) in [6.45, 7) is 0. The van der Waals surface area contributed by atoms with Crippen LogP contribution in [0.4, 0.5) is 17.1 Å². The van der Waals surface area contributed by atoms with E-state index in [-0.39, 0.29) is 0 Å². The maximum atomic E-state index is 6.85. The molecule has 0 spiro atoms. The topological polar surface area (TPSA) is 16.4 Å². The Labute approximate surface area is 352 Å². The molecular weight excluding hydrogens is 747 g/mol. The Morgan fingerprint density at radius 2 is 0.950 bits per heavy atom. The van der Waals surface area contributed by atoms with Crippen LogP contribution in [-0.4, -0.2) is 0 Å². The molecule has 1 aliphatic rings. The lowest BCUT2D eigenvalue weighted by atomic mass is 9.67. The molecule has 0 unspecified atom stereocenters. The molecule has 0 N–H and O–H groups in total. The van der Waals surface area contributed by atoms with Gasteiger partial charge in [-0.1, -0.05) is 164 Å². The summed E-state index contributed by atoms with van der Waals surface area (Å²) >= 11 is 1.91. The number of para-hydroxylation sites is 1. The molecule has 2 heterocycles. The minimum absolute atomic E-state index is 0.477. The van der Waals surface area contributed by atoms with Gasteiger partial charge in [0.15, 0.2) is 0 Å². The van der Waals surface area contributed by atoms with E-state index in [1.165, 1.54) is 59.5 Å². The Balaban J connectivity index is 1.01. The predicted octanol–water partition coefficient (Wildman–Crippen LogP) is 16.0. The molecule has 1 aliphatic carbocycles. The van der Waals surface area contributed by atoms with Gasteiger partial charge in [0.05, 0.1) is 5.41 Å². The highest BCUT2D eigenvalue weighted by Crippen LogP contribution is 2.62. The summed E-state index contributed by atoms with van der Waals surface area (Å²) in [6, 6.07) is 81.3. The summed E-state index contributed by atoms with van der Waals surface area (Å²) in [7, 11) is 0. The first-order valence-corrected chi connectivity index (χ1v) is 21.3. The number of rotatable bonds is 7. The SMILES string of the molecule is c1ccc(-c2ccc(N(c3ccccc3)c3ccc4c(c3)oc3cc(-c5cccc6c5-c5sc7ccccc7c5C6(c5ccccc5)c5ccccc5)ccc34)cc2)cc1. The van der Waals surface area contributed by atoms with E-state index in [9.17, 15) is 0 Å². The second-order valence-electron chi connectivity index (χ2n) is 15.6. The number of hydrogen-bond acceptors (Lipinski definition) is 3. The standard InChI is InChI=1S/C57H37NOS/c1-5-16-38(17-6-1)39-28-31-44(32-29-39)58(43-22-11-4-12-23-43)45-33-35-48-47-34-30-40(36-51(47)59-52(48)37-45)46-25-15-26-50-54(46)56-55(49-24-13-14-27-53(49)60-56)57(50,41-18-7-2-8-19-41)42-20-9-3-10-21-42/h1-37H. The van der Waals surface area contributed by atoms with Gasteiger partial charge in [0.2, 0.25) is 0 Å². The molecule has 0 radical (unpaired) electrons. The van der Waals surface area contributed by atoms with E-state index in [1.807, 2.05) is 11.3 Å². The third-order valence-corrected chi connectivity index (χ3v) is 13.5. The van der Waals surface area contributed by atoms with Gasteiger partial charge in [0, 0.05) is 49.0 Å². The van der Waals surface area contributed by atoms with Crippen LogP contribution in [0.15, 0.2) is 229 Å². The first-order chi connectivity index (χ1) is 29.8. The average Bonchev–Trinajstić information content (AvgIpc) is 3.98. The monoisotopic (exact) mass is 783 g/mol. The predicted molar refractivity (Wildman–Crippen MR) is 252 cm³/mol. The van der Waals surface area contributed by atoms with Gasteiger partial charge in [-0.3, -0.25) is 0 Å². The molecule has 12 rings (SSSR count). The van der Waals surface area contributed by atoms with Crippen molar-refractivity contribution in [3.63, 3.8) is 0 Å². The normalized spacial score (nSPS) is 12.8. The number of hydrogen-bond donors (Lipinski definition) is 0. The third-order valence-electron chi connectivity index (χ3n) is 12.4. The summed E-state index contributed by atoms with van der Waals surface area (Å²) in [6.07, 6.45) is 0. The van der Waals surface area contributed by atoms with Crippen LogP contribution >= 0.6 is 11.3 Å². The van der Waals surface area contributed by atoms with Gasteiger partial charge in [-0.15, -0.1) is 11.3 Å². The molecule has 282 valence electrons. The zero-order valence-electron chi connectivity index (χ0n) is 32.6. The lowest BCUT2D eigenvalue weighted by Crippen LogP contribution is -2.28. The maximum Gasteiger partial charge on any atom is 0.137 e. The van der Waals surface area contributed by atoms with Crippen molar-refractivity contribution in [2.75, 3.05) is 4.90 Å². The van der Waals surface area contributed by atoms with Gasteiger partial charge in [-0.2, -0.15) is 0 Å². The molecule has 60 heavy (non-hydrogen) atoms. The smallest absolute Gasteiger partial charge is 0.137 e. The van der Waals surface area contributed by atoms with E-state index in [4.69, 9.17) is 4.42 Å². The van der Waals surface area contributed by atoms with E-state index in [2.05, 4.69) is 229 Å². The molecule has 0 saturated heterocycles. The molecule has 0 fully saturated rings. The van der Waals surface area contributed by atoms with Crippen molar-refractivity contribution in [3.8, 4) is 32.7 Å². The molecule has 0 amide bonds. The fraction of sp³-hybridized carbons (Fsp3) is 0.0175. The molecule has 0 saturated carbocycles. The first-order valence-electron chi connectivity index (χ1n) is 20.5. The van der Waals surface area contributed by atoms with Crippen LogP contribution in [0.5, 0.6) is 0 Å². The Kier molecular flexibility index (Phi) is 7.97. The van der Waals surface area contributed by atoms with Crippen molar-refractivity contribution in [1.82, 2.24) is 0 Å². The molecule has 3 heteroatoms. The minimum atomic E-state index is -0.477. The van der Waals surface area contributed by atoms with Crippen molar-refractivity contribution in [2.24, 2.45) is 0 Å². The zero-order valence-corrected chi connectivity index (χ0v) is 33.4. The Morgan fingerprint density at radius 3 is 1.67 bits per heavy atom. The van der Waals surface area contributed by atoms with Crippen molar-refractivity contribution in [1.29, 1.82) is 0 Å². The number of fused-ring (bicyclic) bond motifs is 8. The summed E-state index contributed by atoms with van der Waals surface area (Å²) in [5.74, 6) is 0. The maximum absolute atomic E-state index is 6.85. The minimum Gasteiger partial charge on any atom is -0.456 e. The van der Waals surface area contributed by atoms with Crippen LogP contribution < -0.4 is 4.90 Å². The third kappa shape index (κ3) is 5.26. The van der Waals surface area contributed by atoms with E-state index in [1.54, 1.807) is 0 Å². The van der Waals surface area contributed by atoms with Gasteiger partial charge in [-0.05, 0) is 104 Å². The van der Waals surface area contributed by atoms with Gasteiger partial charge < -0.3 is 9.32 Å². The molecule has 9 aromatic carbocycles. The van der Waals surface area contributed by atoms with Crippen LogP contribution in [0.1, 0.15) is 22.3 Å². The van der Waals surface area contributed by atoms with E-state index in [0.717, 1.165) is 44.6 Å². The second-order valence-corrected chi connectivity index (χ2v) is 16.6. The van der Waals surface area contributed by atoms with Crippen molar-refractivity contribution in [3.05, 3.63) is 247 Å². The molecule has 0 atom stereocenters. The molecule has 0 bridgehead atoms. The van der Waals surface area contributed by atoms with Crippen molar-refractivity contribution in [2.45, 2.75) is 5.41 Å². The highest BCUT2D eigenvalue weighted by Gasteiger charge is 2.49. The number of furan rings is 1. The Morgan fingerprint density at radius 1 is 0.400 bits per heavy atom. The first kappa shape index (κ1) is 34.6. The fourth-order valence-corrected chi connectivity index (χ4v) is 11.1. The zero-order chi connectivity index (χ0) is 39.6. The Hall–Kier alpha value is -7.46. The number of anilines is 3. The van der Waals surface area contributed by atoms with E-state index in [0.29, 0.717) is 0 Å². The Bertz CT molecular complexity index is 3310. The average molecular weight is 784 g/mol. The van der Waals surface area contributed by atoms with Gasteiger partial charge in [-0.25, -0.2) is 0 Å². The summed E-state index contributed by atoms with van der Waals surface area (Å²) in [5, 5.41) is 3.52. The van der Waals surface area contributed by atoms with E-state index >= 15 is 0 Å². The molecule has 2 nitrogen and oxygen atoms in total. The quantitative estimate of drug-likeness (QED) is 0.160. The second kappa shape index (κ2) is 13.8. The number of benzene rings is 9. The van der Waals surface area contributed by atoms with Crippen LogP contribution in [-0.2, 0) is 5.41 Å². The fourth-order valence-electron chi connectivity index (χ4n) is 9.75. The number of nitrogens with zero attached hydrogens (tertiary/aromatic N) is 1. The summed E-state index contributed by atoms with van der Waals surface area (Å²) in [5.41, 5.74) is 15.8. The molecule has 0 aliphatic heterocycles. The largest absolute Gasteiger partial charge is 0.456 e. The van der Waals surface area contributed by atoms with Crippen LogP contribution in [0.2, 0.25) is 0 Å². The van der Waals surface area contributed by atoms with Gasteiger partial charge in [0.1, 0.15) is 11.2 Å². The highest BCUT2D eigenvalue weighted by atomic mass is 32.1. The van der Waals surface area contributed by atoms with Crippen molar-refractivity contribution < 1.29 is 4.42 Å². The van der Waals surface area contributed by atoms with E-state index < -0.39 is 5.41 Å². The molecular formula is C57H37NOS.